The molecule has 1 heterocycles. The van der Waals surface area contributed by atoms with Gasteiger partial charge in [-0.25, -0.2) is 18.6 Å². The van der Waals surface area contributed by atoms with Gasteiger partial charge < -0.3 is 5.11 Å². The minimum Gasteiger partial charge on any atom is -0.477 e. The van der Waals surface area contributed by atoms with Crippen molar-refractivity contribution in [2.75, 3.05) is 0 Å². The highest BCUT2D eigenvalue weighted by molar-refractivity contribution is 7.13. The van der Waals surface area contributed by atoms with Crippen LogP contribution in [0.4, 0.5) is 22.0 Å². The lowest BCUT2D eigenvalue weighted by Crippen LogP contribution is -2.12. The Labute approximate surface area is 108 Å². The van der Waals surface area contributed by atoms with E-state index in [1.54, 1.807) is 0 Å². The summed E-state index contributed by atoms with van der Waals surface area (Å²) in [6.45, 7) is 0. The summed E-state index contributed by atoms with van der Waals surface area (Å²) in [6.07, 6.45) is -5.89. The lowest BCUT2D eigenvalue weighted by atomic mass is 10.1. The molecule has 1 aromatic heterocycles. The smallest absolute Gasteiger partial charge is 0.435 e. The van der Waals surface area contributed by atoms with E-state index in [0.29, 0.717) is 11.3 Å². The first-order chi connectivity index (χ1) is 8.60. The van der Waals surface area contributed by atoms with Crippen molar-refractivity contribution in [1.82, 2.24) is 4.98 Å². The van der Waals surface area contributed by atoms with Gasteiger partial charge in [0.15, 0.2) is 5.69 Å². The predicted molar refractivity (Wildman–Crippen MR) is 55.6 cm³/mol. The van der Waals surface area contributed by atoms with Crippen molar-refractivity contribution < 1.29 is 31.9 Å². The molecule has 19 heavy (non-hydrogen) atoms. The number of halogens is 5. The van der Waals surface area contributed by atoms with Crippen molar-refractivity contribution in [3.05, 3.63) is 15.6 Å². The van der Waals surface area contributed by atoms with Crippen molar-refractivity contribution in [2.24, 2.45) is 0 Å². The minimum absolute atomic E-state index is 0.0108. The van der Waals surface area contributed by atoms with E-state index < -0.39 is 47.4 Å². The zero-order valence-corrected chi connectivity index (χ0v) is 10.1. The lowest BCUT2D eigenvalue weighted by Gasteiger charge is -2.07. The zero-order chi connectivity index (χ0) is 14.4. The Morgan fingerprint density at radius 2 is 2.05 bits per heavy atom. The summed E-state index contributed by atoms with van der Waals surface area (Å²) in [5, 5.41) is 8.53. The van der Waals surface area contributed by atoms with Crippen molar-refractivity contribution >= 4 is 17.3 Å². The van der Waals surface area contributed by atoms with Gasteiger partial charge in [0.2, 0.25) is 5.92 Å². The summed E-state index contributed by atoms with van der Waals surface area (Å²) in [5.74, 6) is -5.48. The van der Waals surface area contributed by atoms with Gasteiger partial charge in [0, 0.05) is 18.8 Å². The van der Waals surface area contributed by atoms with Gasteiger partial charge in [0.05, 0.1) is 5.01 Å². The second-order valence-corrected chi connectivity index (χ2v) is 5.36. The molecular weight excluding hydrogens is 293 g/mol. The van der Waals surface area contributed by atoms with E-state index in [1.807, 2.05) is 0 Å². The van der Waals surface area contributed by atoms with Crippen LogP contribution in [-0.2, 0) is 6.18 Å². The summed E-state index contributed by atoms with van der Waals surface area (Å²) < 4.78 is 63.8. The van der Waals surface area contributed by atoms with Crippen molar-refractivity contribution in [3.8, 4) is 0 Å². The van der Waals surface area contributed by atoms with Gasteiger partial charge in [-0.3, -0.25) is 0 Å². The second-order valence-electron chi connectivity index (χ2n) is 4.33. The number of carboxylic acids is 1. The topological polar surface area (TPSA) is 50.2 Å². The van der Waals surface area contributed by atoms with E-state index in [1.165, 1.54) is 0 Å². The zero-order valence-electron chi connectivity index (χ0n) is 9.30. The Kier molecular flexibility index (Phi) is 3.28. The predicted octanol–water partition coefficient (Wildman–Crippen LogP) is 3.76. The largest absolute Gasteiger partial charge is 0.477 e. The third kappa shape index (κ3) is 2.85. The summed E-state index contributed by atoms with van der Waals surface area (Å²) in [5.41, 5.74) is -1.50. The Hall–Kier alpha value is -1.25. The molecule has 0 aliphatic heterocycles. The molecule has 1 aromatic rings. The molecule has 1 aliphatic rings. The van der Waals surface area contributed by atoms with Gasteiger partial charge in [-0.2, -0.15) is 13.2 Å². The van der Waals surface area contributed by atoms with Gasteiger partial charge in [-0.05, 0) is 6.42 Å². The Morgan fingerprint density at radius 3 is 2.42 bits per heavy atom. The maximum atomic E-state index is 13.0. The molecule has 1 atom stereocenters. The summed E-state index contributed by atoms with van der Waals surface area (Å²) in [6, 6.07) is 0. The van der Waals surface area contributed by atoms with Crippen LogP contribution in [0.5, 0.6) is 0 Å². The maximum absolute atomic E-state index is 13.0. The van der Waals surface area contributed by atoms with E-state index in [9.17, 15) is 26.7 Å². The molecule has 1 N–H and O–H groups in total. The number of aromatic carboxylic acids is 1. The molecule has 3 nitrogen and oxygen atoms in total. The van der Waals surface area contributed by atoms with Crippen LogP contribution in [0.15, 0.2) is 0 Å². The quantitative estimate of drug-likeness (QED) is 0.846. The summed E-state index contributed by atoms with van der Waals surface area (Å²) >= 11 is 0.328. The third-order valence-electron chi connectivity index (χ3n) is 2.86. The monoisotopic (exact) mass is 301 g/mol. The first kappa shape index (κ1) is 14.2. The van der Waals surface area contributed by atoms with Crippen LogP contribution >= 0.6 is 11.3 Å². The fraction of sp³-hybridized carbons (Fsp3) is 0.600. The highest BCUT2D eigenvalue weighted by atomic mass is 32.1. The van der Waals surface area contributed by atoms with Gasteiger partial charge in [-0.15, -0.1) is 11.3 Å². The van der Waals surface area contributed by atoms with Gasteiger partial charge >= 0.3 is 12.1 Å². The second kappa shape index (κ2) is 4.39. The van der Waals surface area contributed by atoms with Gasteiger partial charge in [0.25, 0.3) is 0 Å². The van der Waals surface area contributed by atoms with Crippen molar-refractivity contribution in [1.29, 1.82) is 0 Å². The highest BCUT2D eigenvalue weighted by Crippen LogP contribution is 2.46. The van der Waals surface area contributed by atoms with E-state index in [0.717, 1.165) is 0 Å². The number of carboxylic acid groups (broad SMARTS) is 1. The molecule has 0 bridgehead atoms. The summed E-state index contributed by atoms with van der Waals surface area (Å²) in [7, 11) is 0. The molecule has 0 spiro atoms. The number of thiazole rings is 1. The molecule has 0 radical (unpaired) electrons. The van der Waals surface area contributed by atoms with E-state index >= 15 is 0 Å². The number of hydrogen-bond donors (Lipinski definition) is 1. The van der Waals surface area contributed by atoms with Crippen LogP contribution in [0.3, 0.4) is 0 Å². The number of hydrogen-bond acceptors (Lipinski definition) is 3. The Balaban J connectivity index is 2.37. The van der Waals surface area contributed by atoms with E-state index in [2.05, 4.69) is 4.98 Å². The SMILES string of the molecule is O=C(O)c1sc(C2CCC(F)(F)C2)nc1C(F)(F)F. The van der Waals surface area contributed by atoms with Crippen LogP contribution in [0, 0.1) is 0 Å². The van der Waals surface area contributed by atoms with Crippen LogP contribution in [-0.4, -0.2) is 22.0 Å². The standard InChI is InChI=1S/C10H8F5NO2S/c11-9(12)2-1-4(3-9)7-16-6(10(13,14)15)5(19-7)8(17)18/h4H,1-3H2,(H,17,18). The molecule has 0 saturated heterocycles. The molecule has 1 saturated carbocycles. The normalized spacial score (nSPS) is 22.7. The van der Waals surface area contributed by atoms with Crippen molar-refractivity contribution in [3.63, 3.8) is 0 Å². The van der Waals surface area contributed by atoms with Gasteiger partial charge in [0.1, 0.15) is 4.88 Å². The first-order valence-corrected chi connectivity index (χ1v) is 6.11. The molecule has 1 aliphatic carbocycles. The summed E-state index contributed by atoms with van der Waals surface area (Å²) in [4.78, 5) is 13.0. The van der Waals surface area contributed by atoms with Crippen LogP contribution in [0.1, 0.15) is 45.6 Å². The number of carbonyl (C=O) groups is 1. The number of rotatable bonds is 2. The molecule has 1 unspecified atom stereocenters. The van der Waals surface area contributed by atoms with Crippen LogP contribution < -0.4 is 0 Å². The van der Waals surface area contributed by atoms with Gasteiger partial charge in [-0.1, -0.05) is 0 Å². The molecular formula is C10H8F5NO2S. The fourth-order valence-electron chi connectivity index (χ4n) is 2.01. The highest BCUT2D eigenvalue weighted by Gasteiger charge is 2.44. The molecule has 0 amide bonds. The minimum atomic E-state index is -4.90. The molecule has 1 fully saturated rings. The maximum Gasteiger partial charge on any atom is 0.435 e. The van der Waals surface area contributed by atoms with E-state index in [4.69, 9.17) is 5.11 Å². The van der Waals surface area contributed by atoms with Crippen LogP contribution in [0.25, 0.3) is 0 Å². The first-order valence-electron chi connectivity index (χ1n) is 5.29. The Bertz CT molecular complexity index is 511. The Morgan fingerprint density at radius 1 is 1.42 bits per heavy atom. The molecule has 9 heteroatoms. The van der Waals surface area contributed by atoms with E-state index in [-0.39, 0.29) is 11.4 Å². The fourth-order valence-corrected chi connectivity index (χ4v) is 3.07. The molecule has 2 rings (SSSR count). The number of alkyl halides is 5. The average molecular weight is 301 g/mol. The number of aromatic nitrogens is 1. The number of nitrogens with zero attached hydrogens (tertiary/aromatic N) is 1. The molecule has 106 valence electrons. The average Bonchev–Trinajstić information content (AvgIpc) is 2.79. The third-order valence-corrected chi connectivity index (χ3v) is 4.07. The van der Waals surface area contributed by atoms with Crippen molar-refractivity contribution in [2.45, 2.75) is 37.3 Å². The molecule has 0 aromatic carbocycles. The lowest BCUT2D eigenvalue weighted by molar-refractivity contribution is -0.141. The van der Waals surface area contributed by atoms with Crippen LogP contribution in [0.2, 0.25) is 0 Å².